The largest absolute Gasteiger partial charge is 0.497 e. The summed E-state index contributed by atoms with van der Waals surface area (Å²) in [6.45, 7) is 5.31. The van der Waals surface area contributed by atoms with E-state index in [1.165, 1.54) is 5.56 Å². The van der Waals surface area contributed by atoms with Crippen LogP contribution in [0.5, 0.6) is 5.75 Å². The first-order chi connectivity index (χ1) is 6.76. The van der Waals surface area contributed by atoms with E-state index in [0.717, 1.165) is 18.7 Å². The van der Waals surface area contributed by atoms with Crippen LogP contribution in [0, 0.1) is 0 Å². The van der Waals surface area contributed by atoms with Gasteiger partial charge in [-0.25, -0.2) is 0 Å². The van der Waals surface area contributed by atoms with Crippen molar-refractivity contribution in [3.8, 4) is 5.75 Å². The van der Waals surface area contributed by atoms with Gasteiger partial charge in [-0.3, -0.25) is 0 Å². The summed E-state index contributed by atoms with van der Waals surface area (Å²) in [5.74, 6) is 0.914. The third-order valence-electron chi connectivity index (χ3n) is 2.43. The maximum absolute atomic E-state index is 5.10. The van der Waals surface area contributed by atoms with E-state index in [1.54, 1.807) is 7.11 Å². The first kappa shape index (κ1) is 11.1. The number of rotatable bonds is 5. The van der Waals surface area contributed by atoms with E-state index in [1.807, 2.05) is 12.1 Å². The van der Waals surface area contributed by atoms with Gasteiger partial charge in [0.1, 0.15) is 5.75 Å². The average Bonchev–Trinajstić information content (AvgIpc) is 2.26. The minimum atomic E-state index is 0.581. The highest BCUT2D eigenvalue weighted by Crippen LogP contribution is 2.11. The van der Waals surface area contributed by atoms with Crippen molar-refractivity contribution in [3.05, 3.63) is 29.8 Å². The molecule has 1 N–H and O–H groups in total. The molecule has 2 heteroatoms. The minimum absolute atomic E-state index is 0.581. The van der Waals surface area contributed by atoms with Crippen LogP contribution in [-0.4, -0.2) is 13.2 Å². The Kier molecular flexibility index (Phi) is 4.47. The lowest BCUT2D eigenvalue weighted by Gasteiger charge is -2.11. The van der Waals surface area contributed by atoms with Crippen LogP contribution < -0.4 is 10.1 Å². The van der Waals surface area contributed by atoms with Gasteiger partial charge in [0.25, 0.3) is 0 Å². The van der Waals surface area contributed by atoms with Crippen LogP contribution in [0.3, 0.4) is 0 Å². The maximum Gasteiger partial charge on any atom is 0.118 e. The number of methoxy groups -OCH3 is 1. The van der Waals surface area contributed by atoms with Gasteiger partial charge < -0.3 is 10.1 Å². The van der Waals surface area contributed by atoms with E-state index < -0.39 is 0 Å². The zero-order valence-electron chi connectivity index (χ0n) is 9.21. The molecule has 0 amide bonds. The van der Waals surface area contributed by atoms with E-state index in [9.17, 15) is 0 Å². The number of hydrogen-bond acceptors (Lipinski definition) is 2. The summed E-state index contributed by atoms with van der Waals surface area (Å²) in [6, 6.07) is 8.75. The molecule has 1 rings (SSSR count). The van der Waals surface area contributed by atoms with Crippen LogP contribution in [0.4, 0.5) is 0 Å². The Balaban J connectivity index is 2.43. The van der Waals surface area contributed by atoms with Crippen molar-refractivity contribution in [3.63, 3.8) is 0 Å². The second-order valence-electron chi connectivity index (χ2n) is 3.54. The van der Waals surface area contributed by atoms with Crippen molar-refractivity contribution < 1.29 is 4.74 Å². The summed E-state index contributed by atoms with van der Waals surface area (Å²) in [7, 11) is 1.69. The smallest absolute Gasteiger partial charge is 0.118 e. The summed E-state index contributed by atoms with van der Waals surface area (Å²) < 4.78 is 5.10. The van der Waals surface area contributed by atoms with Gasteiger partial charge in [0.2, 0.25) is 0 Å². The number of benzene rings is 1. The van der Waals surface area contributed by atoms with Gasteiger partial charge in [0.15, 0.2) is 0 Å². The van der Waals surface area contributed by atoms with E-state index in [4.69, 9.17) is 4.74 Å². The summed E-state index contributed by atoms with van der Waals surface area (Å²) in [4.78, 5) is 0. The number of nitrogens with one attached hydrogen (secondary N) is 1. The van der Waals surface area contributed by atoms with Gasteiger partial charge >= 0.3 is 0 Å². The molecule has 14 heavy (non-hydrogen) atoms. The van der Waals surface area contributed by atoms with Crippen LogP contribution in [0.2, 0.25) is 0 Å². The Morgan fingerprint density at radius 3 is 2.43 bits per heavy atom. The van der Waals surface area contributed by atoms with E-state index >= 15 is 0 Å². The molecule has 0 saturated heterocycles. The Morgan fingerprint density at radius 1 is 1.29 bits per heavy atom. The molecule has 78 valence electrons. The molecular formula is C12H19NO. The predicted octanol–water partition coefficient (Wildman–Crippen LogP) is 2.58. The lowest BCUT2D eigenvalue weighted by Crippen LogP contribution is -2.24. The molecule has 0 heterocycles. The van der Waals surface area contributed by atoms with Crippen molar-refractivity contribution in [2.45, 2.75) is 32.9 Å². The second kappa shape index (κ2) is 5.66. The van der Waals surface area contributed by atoms with Gasteiger partial charge in [-0.05, 0) is 31.0 Å². The van der Waals surface area contributed by atoms with Crippen LogP contribution in [-0.2, 0) is 6.54 Å². The fourth-order valence-corrected chi connectivity index (χ4v) is 1.18. The topological polar surface area (TPSA) is 21.3 Å². The quantitative estimate of drug-likeness (QED) is 0.776. The molecular weight excluding hydrogens is 174 g/mol. The third-order valence-corrected chi connectivity index (χ3v) is 2.43. The summed E-state index contributed by atoms with van der Waals surface area (Å²) in [5, 5.41) is 3.45. The van der Waals surface area contributed by atoms with Gasteiger partial charge in [0.05, 0.1) is 7.11 Å². The maximum atomic E-state index is 5.10. The zero-order chi connectivity index (χ0) is 10.4. The molecule has 0 aliphatic carbocycles. The SMILES string of the molecule is CCC(C)NCc1ccc(OC)cc1. The second-order valence-corrected chi connectivity index (χ2v) is 3.54. The third kappa shape index (κ3) is 3.38. The number of hydrogen-bond donors (Lipinski definition) is 1. The molecule has 0 saturated carbocycles. The molecule has 1 aromatic rings. The summed E-state index contributed by atoms with van der Waals surface area (Å²) >= 11 is 0. The summed E-state index contributed by atoms with van der Waals surface area (Å²) in [6.07, 6.45) is 1.16. The molecule has 0 bridgehead atoms. The normalized spacial score (nSPS) is 12.5. The molecule has 1 aromatic carbocycles. The molecule has 0 fully saturated rings. The Hall–Kier alpha value is -1.02. The van der Waals surface area contributed by atoms with Crippen molar-refractivity contribution in [2.75, 3.05) is 7.11 Å². The van der Waals surface area contributed by atoms with Crippen molar-refractivity contribution >= 4 is 0 Å². The van der Waals surface area contributed by atoms with Crippen LogP contribution >= 0.6 is 0 Å². The molecule has 0 aromatic heterocycles. The molecule has 1 unspecified atom stereocenters. The molecule has 2 nitrogen and oxygen atoms in total. The predicted molar refractivity (Wildman–Crippen MR) is 59.6 cm³/mol. The minimum Gasteiger partial charge on any atom is -0.497 e. The molecule has 1 atom stereocenters. The Bertz CT molecular complexity index is 256. The summed E-state index contributed by atoms with van der Waals surface area (Å²) in [5.41, 5.74) is 1.30. The van der Waals surface area contributed by atoms with Crippen LogP contribution in [0.15, 0.2) is 24.3 Å². The van der Waals surface area contributed by atoms with Gasteiger partial charge in [0, 0.05) is 12.6 Å². The van der Waals surface area contributed by atoms with E-state index in [0.29, 0.717) is 6.04 Å². The van der Waals surface area contributed by atoms with Gasteiger partial charge in [-0.15, -0.1) is 0 Å². The first-order valence-corrected chi connectivity index (χ1v) is 5.12. The van der Waals surface area contributed by atoms with Gasteiger partial charge in [-0.1, -0.05) is 19.1 Å². The highest BCUT2D eigenvalue weighted by molar-refractivity contribution is 5.26. The molecule has 0 aliphatic rings. The molecule has 0 radical (unpaired) electrons. The average molecular weight is 193 g/mol. The Labute approximate surface area is 86.3 Å². The first-order valence-electron chi connectivity index (χ1n) is 5.12. The van der Waals surface area contributed by atoms with Crippen LogP contribution in [0.1, 0.15) is 25.8 Å². The monoisotopic (exact) mass is 193 g/mol. The standard InChI is InChI=1S/C12H19NO/c1-4-10(2)13-9-11-5-7-12(14-3)8-6-11/h5-8,10,13H,4,9H2,1-3H3. The van der Waals surface area contributed by atoms with Crippen molar-refractivity contribution in [1.29, 1.82) is 0 Å². The van der Waals surface area contributed by atoms with E-state index in [2.05, 4.69) is 31.3 Å². The molecule has 0 aliphatic heterocycles. The fraction of sp³-hybridized carbons (Fsp3) is 0.500. The van der Waals surface area contributed by atoms with Crippen molar-refractivity contribution in [1.82, 2.24) is 5.32 Å². The lowest BCUT2D eigenvalue weighted by atomic mass is 10.2. The zero-order valence-corrected chi connectivity index (χ0v) is 9.21. The van der Waals surface area contributed by atoms with Crippen LogP contribution in [0.25, 0.3) is 0 Å². The molecule has 0 spiro atoms. The van der Waals surface area contributed by atoms with Gasteiger partial charge in [-0.2, -0.15) is 0 Å². The Morgan fingerprint density at radius 2 is 1.93 bits per heavy atom. The van der Waals surface area contributed by atoms with E-state index in [-0.39, 0.29) is 0 Å². The highest BCUT2D eigenvalue weighted by Gasteiger charge is 1.98. The lowest BCUT2D eigenvalue weighted by molar-refractivity contribution is 0.414. The fourth-order valence-electron chi connectivity index (χ4n) is 1.18. The highest BCUT2D eigenvalue weighted by atomic mass is 16.5. The number of ether oxygens (including phenoxy) is 1. The van der Waals surface area contributed by atoms with Crippen molar-refractivity contribution in [2.24, 2.45) is 0 Å².